The first kappa shape index (κ1) is 27.6. The summed E-state index contributed by atoms with van der Waals surface area (Å²) in [7, 11) is -4.45. The van der Waals surface area contributed by atoms with E-state index < -0.39 is 20.8 Å². The summed E-state index contributed by atoms with van der Waals surface area (Å²) in [6.45, 7) is 2.24. The number of hydrogen-bond donors (Lipinski definition) is 1. The molecule has 0 heterocycles. The van der Waals surface area contributed by atoms with Crippen molar-refractivity contribution >= 4 is 10.1 Å². The first-order chi connectivity index (χ1) is 13.9. The van der Waals surface area contributed by atoms with E-state index in [2.05, 4.69) is 6.92 Å². The van der Waals surface area contributed by atoms with E-state index in [0.717, 1.165) is 25.0 Å². The smallest absolute Gasteiger partial charge is 0.872 e. The third-order valence-corrected chi connectivity index (χ3v) is 5.71. The minimum atomic E-state index is -4.45. The zero-order valence-electron chi connectivity index (χ0n) is 18.1. The number of benzene rings is 2. The average molecular weight is 459 g/mol. The molecule has 0 aliphatic rings. The van der Waals surface area contributed by atoms with E-state index in [1.165, 1.54) is 63.0 Å². The molecule has 0 atom stereocenters. The standard InChI is InChI=1S/C23H32O5S.K/c1-2-3-4-5-6-7-8-9-10-11-19-12-14-21(15-13-19)28-22-16-20(24)17-23(18-22)29(25,26)27;/h12-18,24H,2-11H2,1H3,(H,25,26,27);/q;+1/p-1. The molecule has 160 valence electrons. The molecule has 2 aromatic rings. The molecule has 0 unspecified atom stereocenters. The number of unbranched alkanes of at least 4 members (excludes halogenated alkanes) is 8. The van der Waals surface area contributed by atoms with Crippen LogP contribution in [0.2, 0.25) is 0 Å². The summed E-state index contributed by atoms with van der Waals surface area (Å²) in [4.78, 5) is -0.470. The van der Waals surface area contributed by atoms with E-state index in [4.69, 9.17) is 9.29 Å². The number of hydrogen-bond acceptors (Lipinski definition) is 4. The predicted molar refractivity (Wildman–Crippen MR) is 113 cm³/mol. The maximum atomic E-state index is 11.6. The van der Waals surface area contributed by atoms with Gasteiger partial charge in [0.1, 0.15) is 11.5 Å². The van der Waals surface area contributed by atoms with Gasteiger partial charge in [0, 0.05) is 6.07 Å². The normalized spacial score (nSPS) is 11.1. The summed E-state index contributed by atoms with van der Waals surface area (Å²) >= 11 is 0. The largest absolute Gasteiger partial charge is 1.00 e. The molecule has 0 radical (unpaired) electrons. The average Bonchev–Trinajstić information content (AvgIpc) is 2.67. The summed E-state index contributed by atoms with van der Waals surface area (Å²) in [5.74, 6) is 0.0432. The van der Waals surface area contributed by atoms with Crippen LogP contribution in [0.5, 0.6) is 17.2 Å². The molecule has 0 aromatic heterocycles. The second kappa shape index (κ2) is 14.6. The number of aryl methyl sites for hydroxylation is 1. The monoisotopic (exact) mass is 458 g/mol. The van der Waals surface area contributed by atoms with Gasteiger partial charge in [-0.3, -0.25) is 4.55 Å². The summed E-state index contributed by atoms with van der Waals surface area (Å²) < 4.78 is 37.1. The fraction of sp³-hybridized carbons (Fsp3) is 0.478. The predicted octanol–water partition coefficient (Wildman–Crippen LogP) is 2.88. The van der Waals surface area contributed by atoms with Gasteiger partial charge in [-0.25, -0.2) is 0 Å². The van der Waals surface area contributed by atoms with Crippen molar-refractivity contribution in [3.8, 4) is 17.2 Å². The van der Waals surface area contributed by atoms with Crippen molar-refractivity contribution in [1.82, 2.24) is 0 Å². The Bertz CT molecular complexity index is 850. The van der Waals surface area contributed by atoms with Gasteiger partial charge < -0.3 is 9.84 Å². The van der Waals surface area contributed by atoms with Crippen molar-refractivity contribution in [1.29, 1.82) is 0 Å². The number of rotatable bonds is 13. The molecular weight excluding hydrogens is 427 g/mol. The van der Waals surface area contributed by atoms with Gasteiger partial charge in [-0.2, -0.15) is 8.42 Å². The zero-order valence-corrected chi connectivity index (χ0v) is 22.0. The van der Waals surface area contributed by atoms with Crippen molar-refractivity contribution in [2.24, 2.45) is 0 Å². The Kier molecular flexibility index (Phi) is 13.5. The molecule has 0 saturated heterocycles. The second-order valence-corrected chi connectivity index (χ2v) is 8.86. The van der Waals surface area contributed by atoms with Crippen LogP contribution in [0.15, 0.2) is 47.4 Å². The second-order valence-electron chi connectivity index (χ2n) is 7.44. The van der Waals surface area contributed by atoms with Crippen LogP contribution in [0.4, 0.5) is 0 Å². The minimum absolute atomic E-state index is 0. The Balaban J connectivity index is 0.00000450. The molecule has 0 aliphatic carbocycles. The van der Waals surface area contributed by atoms with Gasteiger partial charge >= 0.3 is 51.4 Å². The first-order valence-corrected chi connectivity index (χ1v) is 11.9. The van der Waals surface area contributed by atoms with E-state index in [1.54, 1.807) is 12.1 Å². The van der Waals surface area contributed by atoms with Crippen LogP contribution in [-0.2, 0) is 16.5 Å². The van der Waals surface area contributed by atoms with Crippen LogP contribution in [0, 0.1) is 0 Å². The van der Waals surface area contributed by atoms with Crippen molar-refractivity contribution in [3.05, 3.63) is 48.0 Å². The van der Waals surface area contributed by atoms with Gasteiger partial charge in [0.15, 0.2) is 0 Å². The van der Waals surface area contributed by atoms with Crippen LogP contribution >= 0.6 is 0 Å². The van der Waals surface area contributed by atoms with E-state index in [0.29, 0.717) is 5.75 Å². The molecule has 0 fully saturated rings. The van der Waals surface area contributed by atoms with Crippen molar-refractivity contribution in [2.75, 3.05) is 0 Å². The van der Waals surface area contributed by atoms with Crippen molar-refractivity contribution < 1.29 is 74.2 Å². The van der Waals surface area contributed by atoms with Gasteiger partial charge in [-0.1, -0.05) is 70.4 Å². The van der Waals surface area contributed by atoms with Gasteiger partial charge in [0.25, 0.3) is 10.1 Å². The molecule has 0 saturated carbocycles. The Morgan fingerprint density at radius 2 is 1.40 bits per heavy atom. The summed E-state index contributed by atoms with van der Waals surface area (Å²) in [5, 5.41) is 11.6. The van der Waals surface area contributed by atoms with Crippen LogP contribution in [0.25, 0.3) is 0 Å². The molecule has 7 heteroatoms. The Morgan fingerprint density at radius 1 is 0.833 bits per heavy atom. The third-order valence-electron chi connectivity index (χ3n) is 4.88. The zero-order chi connectivity index (χ0) is 21.1. The molecular formula is C23H31KO5S. The van der Waals surface area contributed by atoms with Crippen molar-refractivity contribution in [3.63, 3.8) is 0 Å². The quantitative estimate of drug-likeness (QED) is 0.283. The Hall–Kier alpha value is -0.414. The maximum absolute atomic E-state index is 11.6. The first-order valence-electron chi connectivity index (χ1n) is 10.4. The SMILES string of the molecule is CCCCCCCCCCCc1ccc(Oc2cc([O-])cc(S(=O)(=O)O)c2)cc1.[K+]. The molecule has 2 rings (SSSR count). The molecule has 1 N–H and O–H groups in total. The molecule has 0 amide bonds. The molecule has 0 bridgehead atoms. The molecule has 5 nitrogen and oxygen atoms in total. The number of ether oxygens (including phenoxy) is 1. The van der Waals surface area contributed by atoms with E-state index in [-0.39, 0.29) is 57.1 Å². The maximum Gasteiger partial charge on any atom is 1.00 e. The van der Waals surface area contributed by atoms with Crippen molar-refractivity contribution in [2.45, 2.75) is 76.0 Å². The summed E-state index contributed by atoms with van der Waals surface area (Å²) in [5.41, 5.74) is 1.22. The van der Waals surface area contributed by atoms with E-state index >= 15 is 0 Å². The van der Waals surface area contributed by atoms with Gasteiger partial charge in [-0.05, 0) is 42.7 Å². The van der Waals surface area contributed by atoms with Crippen LogP contribution < -0.4 is 61.2 Å². The van der Waals surface area contributed by atoms with Gasteiger partial charge in [-0.15, -0.1) is 5.75 Å². The molecule has 0 spiro atoms. The van der Waals surface area contributed by atoms with Crippen LogP contribution in [0.3, 0.4) is 0 Å². The van der Waals surface area contributed by atoms with Gasteiger partial charge in [0.2, 0.25) is 0 Å². The van der Waals surface area contributed by atoms with Crippen LogP contribution in [-0.4, -0.2) is 13.0 Å². The Morgan fingerprint density at radius 3 is 1.97 bits per heavy atom. The summed E-state index contributed by atoms with van der Waals surface area (Å²) in [6.07, 6.45) is 12.7. The molecule has 0 aliphatic heterocycles. The molecule has 2 aromatic carbocycles. The van der Waals surface area contributed by atoms with E-state index in [9.17, 15) is 13.5 Å². The van der Waals surface area contributed by atoms with Gasteiger partial charge in [0.05, 0.1) is 4.90 Å². The fourth-order valence-corrected chi connectivity index (χ4v) is 3.78. The van der Waals surface area contributed by atoms with E-state index in [1.807, 2.05) is 12.1 Å². The Labute approximate surface area is 223 Å². The molecule has 30 heavy (non-hydrogen) atoms. The fourth-order valence-electron chi connectivity index (χ4n) is 3.25. The topological polar surface area (TPSA) is 86.7 Å². The minimum Gasteiger partial charge on any atom is -0.872 e. The summed E-state index contributed by atoms with van der Waals surface area (Å²) in [6, 6.07) is 10.7. The van der Waals surface area contributed by atoms with Crippen LogP contribution in [0.1, 0.15) is 70.3 Å². The third kappa shape index (κ3) is 10.8.